The largest absolute Gasteiger partial charge is 0.497 e. The summed E-state index contributed by atoms with van der Waals surface area (Å²) in [5, 5.41) is 7.37. The number of carbonyl (C=O) groups excluding carboxylic acids is 1. The van der Waals surface area contributed by atoms with Crippen molar-refractivity contribution < 1.29 is 14.1 Å². The summed E-state index contributed by atoms with van der Waals surface area (Å²) in [6.45, 7) is 5.94. The van der Waals surface area contributed by atoms with E-state index in [-0.39, 0.29) is 6.03 Å². The van der Waals surface area contributed by atoms with Gasteiger partial charge in [0, 0.05) is 11.3 Å². The van der Waals surface area contributed by atoms with Gasteiger partial charge in [0.05, 0.1) is 24.4 Å². The van der Waals surface area contributed by atoms with Gasteiger partial charge in [-0.15, -0.1) is 0 Å². The van der Waals surface area contributed by atoms with Gasteiger partial charge in [-0.1, -0.05) is 64.8 Å². The highest BCUT2D eigenvalue weighted by molar-refractivity contribution is 6.01. The lowest BCUT2D eigenvalue weighted by Crippen LogP contribution is -2.46. The molecule has 0 spiro atoms. The molecule has 1 aliphatic rings. The van der Waals surface area contributed by atoms with E-state index in [9.17, 15) is 4.79 Å². The number of amides is 2. The van der Waals surface area contributed by atoms with Crippen LogP contribution in [-0.4, -0.2) is 23.3 Å². The molecule has 4 aromatic rings. The van der Waals surface area contributed by atoms with Crippen LogP contribution in [0.5, 0.6) is 5.75 Å². The molecular formula is C28H26N4O3. The normalized spacial score (nSPS) is 15.8. The van der Waals surface area contributed by atoms with Crippen LogP contribution in [0.3, 0.4) is 0 Å². The number of allylic oxidation sites excluding steroid dienone is 1. The highest BCUT2D eigenvalue weighted by atomic mass is 16.5. The van der Waals surface area contributed by atoms with Gasteiger partial charge in [0.15, 0.2) is 0 Å². The Bertz CT molecular complexity index is 1400. The van der Waals surface area contributed by atoms with Crippen LogP contribution < -0.4 is 15.0 Å². The van der Waals surface area contributed by atoms with Gasteiger partial charge in [-0.25, -0.2) is 4.79 Å². The van der Waals surface area contributed by atoms with Gasteiger partial charge in [0.1, 0.15) is 5.75 Å². The number of carbonyl (C=O) groups is 1. The number of hydrogen-bond acceptors (Lipinski definition) is 5. The number of anilines is 1. The number of benzene rings is 3. The first-order chi connectivity index (χ1) is 16.9. The van der Waals surface area contributed by atoms with Crippen LogP contribution in [0.1, 0.15) is 35.5 Å². The molecule has 7 nitrogen and oxygen atoms in total. The summed E-state index contributed by atoms with van der Waals surface area (Å²) in [6.07, 6.45) is 0. The minimum absolute atomic E-state index is 0.235. The van der Waals surface area contributed by atoms with Crippen LogP contribution in [0.2, 0.25) is 0 Å². The first-order valence-corrected chi connectivity index (χ1v) is 11.4. The second-order valence-corrected chi connectivity index (χ2v) is 8.62. The summed E-state index contributed by atoms with van der Waals surface area (Å²) in [5.41, 5.74) is 6.17. The molecule has 0 saturated heterocycles. The molecule has 35 heavy (non-hydrogen) atoms. The predicted octanol–water partition coefficient (Wildman–Crippen LogP) is 6.06. The molecule has 0 saturated carbocycles. The van der Waals surface area contributed by atoms with Gasteiger partial charge in [0.2, 0.25) is 5.82 Å². The number of hydrogen-bond donors (Lipinski definition) is 1. The molecule has 2 amide bonds. The lowest BCUT2D eigenvalue weighted by molar-refractivity contribution is 0.244. The molecular weight excluding hydrogens is 440 g/mol. The molecule has 3 aromatic carbocycles. The fraction of sp³-hybridized carbons (Fsp3) is 0.179. The zero-order chi connectivity index (χ0) is 24.5. The number of nitrogens with one attached hydrogen (secondary N) is 1. The summed E-state index contributed by atoms with van der Waals surface area (Å²) < 4.78 is 11.2. The van der Waals surface area contributed by atoms with E-state index < -0.39 is 6.04 Å². The zero-order valence-corrected chi connectivity index (χ0v) is 20.1. The molecule has 1 aromatic heterocycles. The predicted molar refractivity (Wildman–Crippen MR) is 135 cm³/mol. The fourth-order valence-electron chi connectivity index (χ4n) is 4.25. The molecule has 5 rings (SSSR count). The maximum Gasteiger partial charge on any atom is 0.326 e. The first kappa shape index (κ1) is 22.4. The monoisotopic (exact) mass is 466 g/mol. The Kier molecular flexibility index (Phi) is 5.82. The lowest BCUT2D eigenvalue weighted by Gasteiger charge is -2.35. The van der Waals surface area contributed by atoms with Crippen LogP contribution in [0.15, 0.2) is 83.0 Å². The molecule has 1 atom stereocenters. The van der Waals surface area contributed by atoms with Crippen LogP contribution in [0, 0.1) is 13.8 Å². The molecule has 0 bridgehead atoms. The number of aryl methyl sites for hydroxylation is 2. The second-order valence-electron chi connectivity index (χ2n) is 8.62. The quantitative estimate of drug-likeness (QED) is 0.386. The van der Waals surface area contributed by atoms with Crippen LogP contribution in [0.25, 0.3) is 17.0 Å². The molecule has 1 unspecified atom stereocenters. The SMILES string of the molecule is COc1cccc(C2NC(=O)N(c3ccc(C)cc3)C(C)=C2c2nc(-c3ccc(C)cc3)no2)c1. The van der Waals surface area contributed by atoms with E-state index in [4.69, 9.17) is 14.2 Å². The van der Waals surface area contributed by atoms with Crippen molar-refractivity contribution in [1.82, 2.24) is 15.5 Å². The Balaban J connectivity index is 1.65. The average Bonchev–Trinajstić information content (AvgIpc) is 3.35. The van der Waals surface area contributed by atoms with E-state index in [1.807, 2.05) is 93.6 Å². The standard InChI is InChI=1S/C28H26N4O3/c1-17-8-12-20(13-9-17)26-30-27(35-31-26)24-19(3)32(22-14-10-18(2)11-15-22)28(33)29-25(24)21-6-5-7-23(16-21)34-4/h5-16,25H,1-4H3,(H,29,33). The maximum absolute atomic E-state index is 13.3. The molecule has 0 radical (unpaired) electrons. The summed E-state index contributed by atoms with van der Waals surface area (Å²) in [7, 11) is 1.62. The van der Waals surface area contributed by atoms with Gasteiger partial charge < -0.3 is 14.6 Å². The number of methoxy groups -OCH3 is 1. The van der Waals surface area contributed by atoms with Crippen molar-refractivity contribution in [3.63, 3.8) is 0 Å². The number of nitrogens with zero attached hydrogens (tertiary/aromatic N) is 3. The van der Waals surface area contributed by atoms with E-state index >= 15 is 0 Å². The van der Waals surface area contributed by atoms with Crippen molar-refractivity contribution in [1.29, 1.82) is 0 Å². The second kappa shape index (κ2) is 9.10. The molecule has 0 fully saturated rings. The van der Waals surface area contributed by atoms with Crippen molar-refractivity contribution >= 4 is 17.3 Å². The third-order valence-electron chi connectivity index (χ3n) is 6.17. The van der Waals surface area contributed by atoms with E-state index in [0.29, 0.717) is 23.2 Å². The highest BCUT2D eigenvalue weighted by Crippen LogP contribution is 2.39. The van der Waals surface area contributed by atoms with Crippen LogP contribution >= 0.6 is 0 Å². The van der Waals surface area contributed by atoms with Gasteiger partial charge >= 0.3 is 6.03 Å². The number of aromatic nitrogens is 2. The minimum atomic E-state index is -0.495. The lowest BCUT2D eigenvalue weighted by atomic mass is 9.94. The zero-order valence-electron chi connectivity index (χ0n) is 20.1. The smallest absolute Gasteiger partial charge is 0.326 e. The Labute approximate surface area is 204 Å². The third-order valence-corrected chi connectivity index (χ3v) is 6.17. The van der Waals surface area contributed by atoms with E-state index in [1.165, 1.54) is 0 Å². The maximum atomic E-state index is 13.3. The third kappa shape index (κ3) is 4.28. The molecule has 7 heteroatoms. The number of rotatable bonds is 5. The van der Waals surface area contributed by atoms with Gasteiger partial charge in [-0.2, -0.15) is 4.98 Å². The van der Waals surface area contributed by atoms with Gasteiger partial charge in [-0.3, -0.25) is 4.90 Å². The summed E-state index contributed by atoms with van der Waals surface area (Å²) in [5.74, 6) is 1.53. The van der Waals surface area contributed by atoms with Crippen molar-refractivity contribution in [2.75, 3.05) is 12.0 Å². The van der Waals surface area contributed by atoms with E-state index in [2.05, 4.69) is 10.5 Å². The number of ether oxygens (including phenoxy) is 1. The Morgan fingerprint density at radius 1 is 0.943 bits per heavy atom. The Morgan fingerprint density at radius 3 is 2.31 bits per heavy atom. The van der Waals surface area contributed by atoms with Crippen LogP contribution in [0.4, 0.5) is 10.5 Å². The van der Waals surface area contributed by atoms with Crippen LogP contribution in [-0.2, 0) is 0 Å². The molecule has 1 N–H and O–H groups in total. The number of urea groups is 1. The van der Waals surface area contributed by atoms with Gasteiger partial charge in [-0.05, 0) is 50.6 Å². The summed E-state index contributed by atoms with van der Waals surface area (Å²) in [6, 6.07) is 22.6. The van der Waals surface area contributed by atoms with Crippen molar-refractivity contribution in [2.45, 2.75) is 26.8 Å². The minimum Gasteiger partial charge on any atom is -0.497 e. The topological polar surface area (TPSA) is 80.5 Å². The van der Waals surface area contributed by atoms with E-state index in [1.54, 1.807) is 12.0 Å². The van der Waals surface area contributed by atoms with Crippen molar-refractivity contribution in [2.24, 2.45) is 0 Å². The molecule has 1 aliphatic heterocycles. The average molecular weight is 467 g/mol. The Hall–Kier alpha value is -4.39. The molecule has 2 heterocycles. The van der Waals surface area contributed by atoms with Crippen molar-refractivity contribution in [3.05, 3.63) is 101 Å². The fourth-order valence-corrected chi connectivity index (χ4v) is 4.25. The van der Waals surface area contributed by atoms with E-state index in [0.717, 1.165) is 33.5 Å². The summed E-state index contributed by atoms with van der Waals surface area (Å²) in [4.78, 5) is 19.7. The Morgan fingerprint density at radius 2 is 1.63 bits per heavy atom. The summed E-state index contributed by atoms with van der Waals surface area (Å²) >= 11 is 0. The van der Waals surface area contributed by atoms with Crippen molar-refractivity contribution in [3.8, 4) is 17.1 Å². The molecule has 0 aliphatic carbocycles. The molecule has 176 valence electrons. The van der Waals surface area contributed by atoms with Gasteiger partial charge in [0.25, 0.3) is 5.89 Å². The highest BCUT2D eigenvalue weighted by Gasteiger charge is 2.36. The first-order valence-electron chi connectivity index (χ1n) is 11.4.